The minimum absolute atomic E-state index is 0.134. The van der Waals surface area contributed by atoms with Gasteiger partial charge in [-0.1, -0.05) is 44.7 Å². The topological polar surface area (TPSA) is 112 Å². The van der Waals surface area contributed by atoms with Crippen LogP contribution in [0.2, 0.25) is 0 Å². The number of amides is 2. The first-order chi connectivity index (χ1) is 17.1. The van der Waals surface area contributed by atoms with Crippen LogP contribution in [0.15, 0.2) is 29.4 Å². The highest BCUT2D eigenvalue weighted by molar-refractivity contribution is 7.99. The second-order valence-electron chi connectivity index (χ2n) is 9.64. The molecule has 1 aliphatic carbocycles. The smallest absolute Gasteiger partial charge is 0.251 e. The molecule has 2 aromatic heterocycles. The van der Waals surface area contributed by atoms with Crippen LogP contribution in [0.25, 0.3) is 0 Å². The van der Waals surface area contributed by atoms with Gasteiger partial charge in [0.05, 0.1) is 11.3 Å². The van der Waals surface area contributed by atoms with Crippen LogP contribution in [-0.2, 0) is 24.7 Å². The number of primary amides is 1. The maximum atomic E-state index is 12.7. The number of fused-ring (bicyclic) bond motifs is 1. The lowest BCUT2D eigenvalue weighted by molar-refractivity contribution is -0.113. The minimum atomic E-state index is -0.490. The monoisotopic (exact) mass is 527 g/mol. The van der Waals surface area contributed by atoms with E-state index in [0.717, 1.165) is 35.5 Å². The van der Waals surface area contributed by atoms with Crippen molar-refractivity contribution in [2.75, 3.05) is 11.1 Å². The molecule has 2 amide bonds. The van der Waals surface area contributed by atoms with Crippen molar-refractivity contribution in [1.29, 1.82) is 0 Å². The van der Waals surface area contributed by atoms with E-state index >= 15 is 0 Å². The average Bonchev–Trinajstić information content (AvgIpc) is 3.37. The van der Waals surface area contributed by atoms with Crippen molar-refractivity contribution in [2.45, 2.75) is 64.1 Å². The van der Waals surface area contributed by atoms with E-state index in [9.17, 15) is 9.59 Å². The summed E-state index contributed by atoms with van der Waals surface area (Å²) in [6.45, 7) is 8.43. The quantitative estimate of drug-likeness (QED) is 0.375. The molecule has 4 rings (SSSR count). The number of nitrogens with zero attached hydrogens (tertiary/aromatic N) is 3. The highest BCUT2D eigenvalue weighted by Gasteiger charge is 2.27. The lowest BCUT2D eigenvalue weighted by atomic mass is 9.88. The Labute approximate surface area is 220 Å². The van der Waals surface area contributed by atoms with Crippen molar-refractivity contribution in [3.8, 4) is 5.75 Å². The first-order valence-corrected chi connectivity index (χ1v) is 14.0. The molecule has 0 bridgehead atoms. The molecule has 1 aromatic carbocycles. The highest BCUT2D eigenvalue weighted by Crippen LogP contribution is 2.39. The molecule has 0 spiro atoms. The Kier molecular flexibility index (Phi) is 8.04. The van der Waals surface area contributed by atoms with Crippen LogP contribution >= 0.6 is 23.1 Å². The maximum Gasteiger partial charge on any atom is 0.251 e. The van der Waals surface area contributed by atoms with E-state index in [1.165, 1.54) is 28.7 Å². The summed E-state index contributed by atoms with van der Waals surface area (Å²) in [5.74, 6) is 1.89. The zero-order chi connectivity index (χ0) is 26.0. The fourth-order valence-electron chi connectivity index (χ4n) is 4.39. The van der Waals surface area contributed by atoms with E-state index in [2.05, 4.69) is 48.4 Å². The van der Waals surface area contributed by atoms with E-state index in [1.54, 1.807) is 0 Å². The SMILES string of the molecule is CC1CCc2c(sc(NC(=O)CSc3nnc(C(C)Oc4ccc(C(C)C)cc4)n3C)c2C(N)=O)C1. The molecule has 2 heterocycles. The largest absolute Gasteiger partial charge is 0.483 e. The third-order valence-corrected chi connectivity index (χ3v) is 8.63. The fraction of sp³-hybridized carbons (Fsp3) is 0.462. The summed E-state index contributed by atoms with van der Waals surface area (Å²) in [5.41, 5.74) is 8.38. The Morgan fingerprint density at radius 2 is 1.97 bits per heavy atom. The van der Waals surface area contributed by atoms with Crippen molar-refractivity contribution in [1.82, 2.24) is 14.8 Å². The molecule has 192 valence electrons. The number of carbonyl (C=O) groups is 2. The molecule has 2 unspecified atom stereocenters. The third kappa shape index (κ3) is 5.75. The second-order valence-corrected chi connectivity index (χ2v) is 11.7. The molecule has 10 heteroatoms. The number of nitrogens with two attached hydrogens (primary N) is 1. The Bertz CT molecular complexity index is 1250. The predicted octanol–water partition coefficient (Wildman–Crippen LogP) is 5.09. The minimum Gasteiger partial charge on any atom is -0.483 e. The van der Waals surface area contributed by atoms with Gasteiger partial charge in [0.25, 0.3) is 5.91 Å². The number of hydrogen-bond donors (Lipinski definition) is 2. The van der Waals surface area contributed by atoms with Crippen LogP contribution in [0.4, 0.5) is 5.00 Å². The lowest BCUT2D eigenvalue weighted by Gasteiger charge is -2.18. The van der Waals surface area contributed by atoms with Crippen molar-refractivity contribution < 1.29 is 14.3 Å². The van der Waals surface area contributed by atoms with Crippen LogP contribution in [0, 0.1) is 5.92 Å². The number of rotatable bonds is 9. The number of thioether (sulfide) groups is 1. The zero-order valence-electron chi connectivity index (χ0n) is 21.3. The van der Waals surface area contributed by atoms with Gasteiger partial charge in [0.15, 0.2) is 17.1 Å². The van der Waals surface area contributed by atoms with E-state index < -0.39 is 5.91 Å². The summed E-state index contributed by atoms with van der Waals surface area (Å²) >= 11 is 2.75. The molecule has 3 N–H and O–H groups in total. The van der Waals surface area contributed by atoms with Gasteiger partial charge in [0, 0.05) is 11.9 Å². The van der Waals surface area contributed by atoms with Gasteiger partial charge in [-0.2, -0.15) is 0 Å². The third-order valence-electron chi connectivity index (χ3n) is 6.44. The van der Waals surface area contributed by atoms with E-state index in [4.69, 9.17) is 10.5 Å². The zero-order valence-corrected chi connectivity index (χ0v) is 23.0. The van der Waals surface area contributed by atoms with Gasteiger partial charge < -0.3 is 20.4 Å². The summed E-state index contributed by atoms with van der Waals surface area (Å²) in [6, 6.07) is 8.06. The molecule has 0 fully saturated rings. The van der Waals surface area contributed by atoms with Crippen molar-refractivity contribution in [3.05, 3.63) is 51.7 Å². The first-order valence-electron chi connectivity index (χ1n) is 12.2. The highest BCUT2D eigenvalue weighted by atomic mass is 32.2. The van der Waals surface area contributed by atoms with Gasteiger partial charge in [-0.05, 0) is 61.3 Å². The van der Waals surface area contributed by atoms with Gasteiger partial charge in [-0.15, -0.1) is 21.5 Å². The van der Waals surface area contributed by atoms with Crippen LogP contribution in [0.1, 0.15) is 78.3 Å². The molecule has 8 nitrogen and oxygen atoms in total. The number of carbonyl (C=O) groups excluding carboxylic acids is 2. The van der Waals surface area contributed by atoms with Crippen molar-refractivity contribution in [3.63, 3.8) is 0 Å². The lowest BCUT2D eigenvalue weighted by Crippen LogP contribution is -2.20. The Balaban J connectivity index is 1.37. The Morgan fingerprint density at radius 3 is 2.64 bits per heavy atom. The van der Waals surface area contributed by atoms with E-state index in [-0.39, 0.29) is 17.8 Å². The van der Waals surface area contributed by atoms with Crippen LogP contribution in [-0.4, -0.2) is 32.3 Å². The summed E-state index contributed by atoms with van der Waals surface area (Å²) < 4.78 is 7.90. The normalized spacial score (nSPS) is 16.0. The number of nitrogens with one attached hydrogen (secondary N) is 1. The van der Waals surface area contributed by atoms with Gasteiger partial charge in [-0.3, -0.25) is 9.59 Å². The van der Waals surface area contributed by atoms with Gasteiger partial charge >= 0.3 is 0 Å². The Hall–Kier alpha value is -2.85. The maximum absolute atomic E-state index is 12.7. The van der Waals surface area contributed by atoms with Gasteiger partial charge in [0.2, 0.25) is 5.91 Å². The molecular weight excluding hydrogens is 494 g/mol. The number of hydrogen-bond acceptors (Lipinski definition) is 7. The first kappa shape index (κ1) is 26.2. The van der Waals surface area contributed by atoms with Crippen LogP contribution in [0.5, 0.6) is 5.75 Å². The molecule has 36 heavy (non-hydrogen) atoms. The number of anilines is 1. The number of aromatic nitrogens is 3. The summed E-state index contributed by atoms with van der Waals surface area (Å²) in [5, 5.41) is 12.6. The molecular formula is C26H33N5O3S2. The van der Waals surface area contributed by atoms with Gasteiger partial charge in [-0.25, -0.2) is 0 Å². The fourth-order valence-corrected chi connectivity index (χ4v) is 6.54. The molecule has 0 aliphatic heterocycles. The molecule has 3 aromatic rings. The molecule has 2 atom stereocenters. The molecule has 1 aliphatic rings. The average molecular weight is 528 g/mol. The summed E-state index contributed by atoms with van der Waals surface area (Å²) in [4.78, 5) is 26.0. The second kappa shape index (κ2) is 11.0. The predicted molar refractivity (Wildman–Crippen MR) is 144 cm³/mol. The number of thiophene rings is 1. The van der Waals surface area contributed by atoms with E-state index in [1.807, 2.05) is 30.7 Å². The van der Waals surface area contributed by atoms with Crippen molar-refractivity contribution >= 4 is 39.9 Å². The number of benzene rings is 1. The van der Waals surface area contributed by atoms with Crippen LogP contribution < -0.4 is 15.8 Å². The number of ether oxygens (including phenoxy) is 1. The molecule has 0 saturated heterocycles. The Morgan fingerprint density at radius 1 is 1.25 bits per heavy atom. The van der Waals surface area contributed by atoms with Gasteiger partial charge in [0.1, 0.15) is 10.8 Å². The standard InChI is InChI=1S/C26H33N5O3S2/c1-14(2)17-7-9-18(10-8-17)34-16(4)24-29-30-26(31(24)5)35-13-21(32)28-25-22(23(27)33)19-11-6-15(3)12-20(19)36-25/h7-10,14-16H,6,11-13H2,1-5H3,(H2,27,33)(H,28,32). The van der Waals surface area contributed by atoms with Crippen molar-refractivity contribution in [2.24, 2.45) is 18.7 Å². The molecule has 0 saturated carbocycles. The molecule has 0 radical (unpaired) electrons. The summed E-state index contributed by atoms with van der Waals surface area (Å²) in [6.07, 6.45) is 2.44. The van der Waals surface area contributed by atoms with Crippen LogP contribution in [0.3, 0.4) is 0 Å². The summed E-state index contributed by atoms with van der Waals surface area (Å²) in [7, 11) is 1.86. The van der Waals surface area contributed by atoms with E-state index in [0.29, 0.717) is 33.4 Å².